The summed E-state index contributed by atoms with van der Waals surface area (Å²) in [6.07, 6.45) is 1.71. The molecule has 0 radical (unpaired) electrons. The zero-order valence-corrected chi connectivity index (χ0v) is 13.6. The number of hydrogen-bond acceptors (Lipinski definition) is 5. The Bertz CT molecular complexity index is 466. The predicted molar refractivity (Wildman–Crippen MR) is 81.7 cm³/mol. The van der Waals surface area contributed by atoms with Gasteiger partial charge in [0.1, 0.15) is 10.7 Å². The van der Waals surface area contributed by atoms with Gasteiger partial charge in [-0.15, -0.1) is 5.10 Å². The van der Waals surface area contributed by atoms with E-state index in [1.54, 1.807) is 0 Å². The molecule has 1 aromatic rings. The first-order valence-electron chi connectivity index (χ1n) is 7.24. The van der Waals surface area contributed by atoms with Crippen molar-refractivity contribution in [3.63, 3.8) is 0 Å². The number of aromatic nitrogens is 2. The number of likely N-dealkylation sites (tertiary alicyclic amines) is 1. The Hall–Kier alpha value is -1.17. The minimum Gasteiger partial charge on any atom is -0.374 e. The van der Waals surface area contributed by atoms with Crippen LogP contribution in [0.25, 0.3) is 0 Å². The summed E-state index contributed by atoms with van der Waals surface area (Å²) in [5.74, 6) is 0.660. The molecule has 0 aromatic carbocycles. The summed E-state index contributed by atoms with van der Waals surface area (Å²) in [4.78, 5) is 14.1. The van der Waals surface area contributed by atoms with Gasteiger partial charge in [0.15, 0.2) is 0 Å². The Balaban J connectivity index is 2.00. The highest BCUT2D eigenvalue weighted by atomic mass is 32.1. The van der Waals surface area contributed by atoms with Crippen LogP contribution in [-0.4, -0.2) is 33.5 Å². The molecule has 1 fully saturated rings. The summed E-state index contributed by atoms with van der Waals surface area (Å²) in [5, 5.41) is 8.49. The smallest absolute Gasteiger partial charge is 0.223 e. The second kappa shape index (κ2) is 6.08. The van der Waals surface area contributed by atoms with E-state index in [1.807, 2.05) is 4.90 Å². The number of carbonyl (C=O) groups excluding carboxylic acids is 1. The van der Waals surface area contributed by atoms with Crippen LogP contribution in [-0.2, 0) is 11.3 Å². The molecule has 5 nitrogen and oxygen atoms in total. The standard InChI is InChI=1S/C14H24N4OS/c1-5-6-15-13-11(16-17-20-13)9-18-8-10(7-12(18)19)14(2,3)4/h10,15H,5-9H2,1-4H3. The second-order valence-electron chi connectivity index (χ2n) is 6.52. The van der Waals surface area contributed by atoms with E-state index in [-0.39, 0.29) is 11.3 Å². The summed E-state index contributed by atoms with van der Waals surface area (Å²) in [5.41, 5.74) is 1.07. The third kappa shape index (κ3) is 3.48. The van der Waals surface area contributed by atoms with Crippen molar-refractivity contribution in [2.24, 2.45) is 11.3 Å². The average Bonchev–Trinajstić information content (AvgIpc) is 2.94. The second-order valence-corrected chi connectivity index (χ2v) is 7.27. The zero-order chi connectivity index (χ0) is 14.8. The highest BCUT2D eigenvalue weighted by Gasteiger charge is 2.37. The highest BCUT2D eigenvalue weighted by Crippen LogP contribution is 2.35. The lowest BCUT2D eigenvalue weighted by Gasteiger charge is -2.26. The average molecular weight is 296 g/mol. The minimum atomic E-state index is 0.175. The van der Waals surface area contributed by atoms with E-state index in [2.05, 4.69) is 42.6 Å². The summed E-state index contributed by atoms with van der Waals surface area (Å²) in [6.45, 7) is 11.0. The molecule has 0 saturated carbocycles. The first-order valence-corrected chi connectivity index (χ1v) is 8.02. The van der Waals surface area contributed by atoms with Crippen LogP contribution in [0.3, 0.4) is 0 Å². The van der Waals surface area contributed by atoms with Gasteiger partial charge in [-0.05, 0) is 17.8 Å². The van der Waals surface area contributed by atoms with Crippen LogP contribution in [0.15, 0.2) is 0 Å². The van der Waals surface area contributed by atoms with Crippen LogP contribution in [0.4, 0.5) is 5.00 Å². The van der Waals surface area contributed by atoms with Gasteiger partial charge in [-0.1, -0.05) is 32.2 Å². The first-order chi connectivity index (χ1) is 9.41. The van der Waals surface area contributed by atoms with Crippen molar-refractivity contribution in [1.82, 2.24) is 14.5 Å². The maximum Gasteiger partial charge on any atom is 0.223 e. The van der Waals surface area contributed by atoms with Gasteiger partial charge < -0.3 is 10.2 Å². The number of amides is 1. The summed E-state index contributed by atoms with van der Waals surface area (Å²) in [7, 11) is 0. The highest BCUT2D eigenvalue weighted by molar-refractivity contribution is 7.10. The van der Waals surface area contributed by atoms with Crippen LogP contribution in [0.5, 0.6) is 0 Å². The van der Waals surface area contributed by atoms with E-state index in [9.17, 15) is 4.79 Å². The largest absolute Gasteiger partial charge is 0.374 e. The van der Waals surface area contributed by atoms with E-state index in [4.69, 9.17) is 0 Å². The van der Waals surface area contributed by atoms with Gasteiger partial charge >= 0.3 is 0 Å². The normalized spacial score (nSPS) is 19.7. The Morgan fingerprint density at radius 2 is 2.20 bits per heavy atom. The van der Waals surface area contributed by atoms with Gasteiger partial charge in [0.25, 0.3) is 0 Å². The van der Waals surface area contributed by atoms with Crippen LogP contribution in [0.2, 0.25) is 0 Å². The summed E-state index contributed by atoms with van der Waals surface area (Å²) in [6, 6.07) is 0. The third-order valence-corrected chi connectivity index (χ3v) is 4.60. The predicted octanol–water partition coefficient (Wildman–Crippen LogP) is 2.75. The zero-order valence-electron chi connectivity index (χ0n) is 12.8. The Labute approximate surface area is 124 Å². The molecule has 1 aliphatic rings. The van der Waals surface area contributed by atoms with Gasteiger partial charge in [-0.25, -0.2) is 0 Å². The fraction of sp³-hybridized carbons (Fsp3) is 0.786. The van der Waals surface area contributed by atoms with Crippen LogP contribution < -0.4 is 5.32 Å². The maximum atomic E-state index is 12.1. The van der Waals surface area contributed by atoms with E-state index >= 15 is 0 Å². The Morgan fingerprint density at radius 1 is 1.45 bits per heavy atom. The lowest BCUT2D eigenvalue weighted by atomic mass is 9.80. The van der Waals surface area contributed by atoms with E-state index in [1.165, 1.54) is 11.5 Å². The fourth-order valence-corrected chi connectivity index (χ4v) is 2.97. The van der Waals surface area contributed by atoms with E-state index in [0.717, 1.165) is 30.2 Å². The van der Waals surface area contributed by atoms with Crippen molar-refractivity contribution >= 4 is 22.4 Å². The van der Waals surface area contributed by atoms with Crippen molar-refractivity contribution < 1.29 is 4.79 Å². The third-order valence-electron chi connectivity index (χ3n) is 3.87. The van der Waals surface area contributed by atoms with Crippen molar-refractivity contribution in [2.75, 3.05) is 18.4 Å². The lowest BCUT2D eigenvalue weighted by Crippen LogP contribution is -2.27. The molecule has 1 aromatic heterocycles. The van der Waals surface area contributed by atoms with E-state index < -0.39 is 0 Å². The Kier molecular flexibility index (Phi) is 4.62. The molecule has 2 rings (SSSR count). The molecular formula is C14H24N4OS. The monoisotopic (exact) mass is 296 g/mol. The molecule has 2 heterocycles. The van der Waals surface area contributed by atoms with Crippen LogP contribution in [0, 0.1) is 11.3 Å². The van der Waals surface area contributed by atoms with E-state index in [0.29, 0.717) is 18.9 Å². The van der Waals surface area contributed by atoms with Crippen molar-refractivity contribution in [1.29, 1.82) is 0 Å². The quantitative estimate of drug-likeness (QED) is 0.907. The molecule has 1 saturated heterocycles. The van der Waals surface area contributed by atoms with Crippen molar-refractivity contribution in [2.45, 2.75) is 47.1 Å². The van der Waals surface area contributed by atoms with Gasteiger partial charge in [0, 0.05) is 31.0 Å². The van der Waals surface area contributed by atoms with Crippen LogP contribution >= 0.6 is 11.5 Å². The molecular weight excluding hydrogens is 272 g/mol. The molecule has 20 heavy (non-hydrogen) atoms. The molecule has 6 heteroatoms. The molecule has 112 valence electrons. The SMILES string of the molecule is CCCNc1snnc1CN1CC(C(C)(C)C)CC1=O. The number of carbonyl (C=O) groups is 1. The van der Waals surface area contributed by atoms with Crippen molar-refractivity contribution in [3.05, 3.63) is 5.69 Å². The Morgan fingerprint density at radius 3 is 2.80 bits per heavy atom. The molecule has 1 amide bonds. The number of nitrogens with zero attached hydrogens (tertiary/aromatic N) is 3. The topological polar surface area (TPSA) is 58.1 Å². The van der Waals surface area contributed by atoms with Gasteiger partial charge in [0.2, 0.25) is 5.91 Å². The lowest BCUT2D eigenvalue weighted by molar-refractivity contribution is -0.128. The first kappa shape index (κ1) is 15.2. The maximum absolute atomic E-state index is 12.1. The molecule has 1 aliphatic heterocycles. The minimum absolute atomic E-state index is 0.175. The fourth-order valence-electron chi connectivity index (χ4n) is 2.37. The van der Waals surface area contributed by atoms with Gasteiger partial charge in [-0.2, -0.15) is 0 Å². The number of nitrogens with one attached hydrogen (secondary N) is 1. The molecule has 0 spiro atoms. The van der Waals surface area contributed by atoms with Gasteiger partial charge in [0.05, 0.1) is 6.54 Å². The molecule has 1 unspecified atom stereocenters. The molecule has 1 atom stereocenters. The van der Waals surface area contributed by atoms with Crippen LogP contribution in [0.1, 0.15) is 46.2 Å². The molecule has 0 aliphatic carbocycles. The van der Waals surface area contributed by atoms with Crippen molar-refractivity contribution in [3.8, 4) is 0 Å². The van der Waals surface area contributed by atoms with Gasteiger partial charge in [-0.3, -0.25) is 4.79 Å². The number of rotatable bonds is 5. The summed E-state index contributed by atoms with van der Waals surface area (Å²) >= 11 is 1.37. The molecule has 1 N–H and O–H groups in total. The number of hydrogen-bond donors (Lipinski definition) is 1. The summed E-state index contributed by atoms with van der Waals surface area (Å²) < 4.78 is 4.00. The molecule has 0 bridgehead atoms. The number of anilines is 1.